The Bertz CT molecular complexity index is 758. The Kier molecular flexibility index (Phi) is 3.75. The summed E-state index contributed by atoms with van der Waals surface area (Å²) in [6, 6.07) is 7.96. The third kappa shape index (κ3) is 2.56. The number of imidazole rings is 1. The molecule has 0 aliphatic rings. The van der Waals surface area contributed by atoms with Gasteiger partial charge in [0.25, 0.3) is 0 Å². The highest BCUT2D eigenvalue weighted by Crippen LogP contribution is 2.28. The van der Waals surface area contributed by atoms with Gasteiger partial charge < -0.3 is 4.74 Å². The topological polar surface area (TPSA) is 43.6 Å². The summed E-state index contributed by atoms with van der Waals surface area (Å²) in [7, 11) is 0. The molecule has 0 aliphatic carbocycles. The van der Waals surface area contributed by atoms with Crippen LogP contribution in [0.3, 0.4) is 0 Å². The zero-order valence-corrected chi connectivity index (χ0v) is 12.8. The van der Waals surface area contributed by atoms with Gasteiger partial charge in [0, 0.05) is 11.6 Å². The molecule has 21 heavy (non-hydrogen) atoms. The van der Waals surface area contributed by atoms with Gasteiger partial charge in [-0.1, -0.05) is 26.0 Å². The van der Waals surface area contributed by atoms with Crippen molar-refractivity contribution in [2.75, 3.05) is 0 Å². The lowest BCUT2D eigenvalue weighted by atomic mass is 9.99. The quantitative estimate of drug-likeness (QED) is 0.651. The molecule has 1 aromatic carbocycles. The van der Waals surface area contributed by atoms with Gasteiger partial charge in [0.05, 0.1) is 0 Å². The molecule has 0 fully saturated rings. The molecular formula is C16H16N2O2S. The van der Waals surface area contributed by atoms with Crippen molar-refractivity contribution >= 4 is 22.6 Å². The number of hydrogen-bond donors (Lipinski definition) is 0. The average molecular weight is 300 g/mol. The van der Waals surface area contributed by atoms with E-state index in [4.69, 9.17) is 4.74 Å². The van der Waals surface area contributed by atoms with Crippen LogP contribution in [-0.4, -0.2) is 15.7 Å². The van der Waals surface area contributed by atoms with E-state index in [0.717, 1.165) is 17.7 Å². The van der Waals surface area contributed by atoms with Crippen molar-refractivity contribution < 1.29 is 9.53 Å². The molecule has 1 unspecified atom stereocenters. The summed E-state index contributed by atoms with van der Waals surface area (Å²) in [5.41, 5.74) is 1.73. The molecule has 108 valence electrons. The van der Waals surface area contributed by atoms with E-state index in [1.54, 1.807) is 4.40 Å². The minimum atomic E-state index is 0.355. The van der Waals surface area contributed by atoms with E-state index >= 15 is 0 Å². The lowest BCUT2D eigenvalue weighted by molar-refractivity contribution is 0.111. The van der Waals surface area contributed by atoms with E-state index in [1.807, 2.05) is 23.7 Å². The fourth-order valence-electron chi connectivity index (χ4n) is 2.18. The van der Waals surface area contributed by atoms with E-state index in [9.17, 15) is 4.79 Å². The van der Waals surface area contributed by atoms with Crippen LogP contribution in [0.2, 0.25) is 0 Å². The maximum atomic E-state index is 11.2. The highest BCUT2D eigenvalue weighted by Gasteiger charge is 2.14. The number of nitrogens with zero attached hydrogens (tertiary/aromatic N) is 2. The third-order valence-electron chi connectivity index (χ3n) is 3.65. The first-order chi connectivity index (χ1) is 10.2. The number of rotatable bonds is 5. The number of benzene rings is 1. The van der Waals surface area contributed by atoms with Gasteiger partial charge in [-0.25, -0.2) is 0 Å². The molecule has 1 atom stereocenters. The van der Waals surface area contributed by atoms with Gasteiger partial charge in [0.2, 0.25) is 5.88 Å². The molecule has 2 aromatic heterocycles. The highest BCUT2D eigenvalue weighted by molar-refractivity contribution is 7.15. The fourth-order valence-corrected chi connectivity index (χ4v) is 2.89. The van der Waals surface area contributed by atoms with E-state index in [2.05, 4.69) is 31.0 Å². The van der Waals surface area contributed by atoms with Crippen LogP contribution in [0.15, 0.2) is 35.8 Å². The molecule has 0 aliphatic heterocycles. The van der Waals surface area contributed by atoms with E-state index < -0.39 is 0 Å². The highest BCUT2D eigenvalue weighted by atomic mass is 32.1. The summed E-state index contributed by atoms with van der Waals surface area (Å²) in [5, 5.41) is 1.89. The molecule has 0 bridgehead atoms. The molecule has 5 heteroatoms. The molecule has 0 saturated heterocycles. The predicted molar refractivity (Wildman–Crippen MR) is 83.7 cm³/mol. The number of carbonyl (C=O) groups excluding carboxylic acids is 1. The van der Waals surface area contributed by atoms with Crippen molar-refractivity contribution in [2.45, 2.75) is 26.2 Å². The Morgan fingerprint density at radius 1 is 1.38 bits per heavy atom. The summed E-state index contributed by atoms with van der Waals surface area (Å²) in [6.07, 6.45) is 3.69. The van der Waals surface area contributed by atoms with Gasteiger partial charge in [-0.05, 0) is 30.0 Å². The SMILES string of the molecule is CCC(C)c1ccc(Oc2nc3sccn3c2C=O)cc1. The van der Waals surface area contributed by atoms with Crippen LogP contribution >= 0.6 is 11.3 Å². The summed E-state index contributed by atoms with van der Waals surface area (Å²) in [6.45, 7) is 4.37. The molecular weight excluding hydrogens is 284 g/mol. The van der Waals surface area contributed by atoms with Gasteiger partial charge in [-0.15, -0.1) is 11.3 Å². The Morgan fingerprint density at radius 3 is 2.81 bits per heavy atom. The van der Waals surface area contributed by atoms with E-state index in [1.165, 1.54) is 16.9 Å². The largest absolute Gasteiger partial charge is 0.437 e. The second-order valence-corrected chi connectivity index (χ2v) is 5.83. The molecule has 3 rings (SSSR count). The second kappa shape index (κ2) is 5.69. The second-order valence-electron chi connectivity index (χ2n) is 4.96. The van der Waals surface area contributed by atoms with E-state index in [0.29, 0.717) is 23.2 Å². The van der Waals surface area contributed by atoms with Crippen LogP contribution in [0.5, 0.6) is 11.6 Å². The molecule has 0 N–H and O–H groups in total. The van der Waals surface area contributed by atoms with Crippen molar-refractivity contribution in [2.24, 2.45) is 0 Å². The maximum absolute atomic E-state index is 11.2. The van der Waals surface area contributed by atoms with Crippen LogP contribution in [0.4, 0.5) is 0 Å². The fraction of sp³-hybridized carbons (Fsp3) is 0.250. The van der Waals surface area contributed by atoms with Crippen molar-refractivity contribution in [3.8, 4) is 11.6 Å². The summed E-state index contributed by atoms with van der Waals surface area (Å²) >= 11 is 1.47. The number of thiazole rings is 1. The number of fused-ring (bicyclic) bond motifs is 1. The number of aromatic nitrogens is 2. The third-order valence-corrected chi connectivity index (χ3v) is 4.41. The molecule has 0 saturated carbocycles. The Balaban J connectivity index is 1.88. The first-order valence-electron chi connectivity index (χ1n) is 6.91. The molecule has 0 spiro atoms. The van der Waals surface area contributed by atoms with Crippen molar-refractivity contribution in [3.05, 3.63) is 47.1 Å². The monoisotopic (exact) mass is 300 g/mol. The molecule has 4 nitrogen and oxygen atoms in total. The summed E-state index contributed by atoms with van der Waals surface area (Å²) in [5.74, 6) is 1.58. The average Bonchev–Trinajstić information content (AvgIpc) is 3.07. The molecule has 2 heterocycles. The number of carbonyl (C=O) groups is 1. The zero-order valence-electron chi connectivity index (χ0n) is 11.9. The van der Waals surface area contributed by atoms with Crippen LogP contribution in [0.25, 0.3) is 4.96 Å². The molecule has 0 radical (unpaired) electrons. The maximum Gasteiger partial charge on any atom is 0.250 e. The smallest absolute Gasteiger partial charge is 0.250 e. The standard InChI is InChI=1S/C16H16N2O2S/c1-3-11(2)12-4-6-13(7-5-12)20-15-14(10-19)18-8-9-21-16(18)17-15/h4-11H,3H2,1-2H3. The Labute approximate surface area is 127 Å². The van der Waals surface area contributed by atoms with Crippen LogP contribution in [0.1, 0.15) is 42.2 Å². The lowest BCUT2D eigenvalue weighted by Crippen LogP contribution is -1.93. The molecule has 3 aromatic rings. The minimum Gasteiger partial charge on any atom is -0.437 e. The lowest BCUT2D eigenvalue weighted by Gasteiger charge is -2.09. The van der Waals surface area contributed by atoms with Crippen LogP contribution in [0, 0.1) is 0 Å². The van der Waals surface area contributed by atoms with Crippen molar-refractivity contribution in [3.63, 3.8) is 0 Å². The first kappa shape index (κ1) is 13.8. The summed E-state index contributed by atoms with van der Waals surface area (Å²) < 4.78 is 7.49. The first-order valence-corrected chi connectivity index (χ1v) is 7.79. The van der Waals surface area contributed by atoms with E-state index in [-0.39, 0.29) is 0 Å². The minimum absolute atomic E-state index is 0.355. The van der Waals surface area contributed by atoms with Crippen LogP contribution in [-0.2, 0) is 0 Å². The van der Waals surface area contributed by atoms with Crippen molar-refractivity contribution in [1.29, 1.82) is 0 Å². The van der Waals surface area contributed by atoms with Gasteiger partial charge in [0.1, 0.15) is 5.75 Å². The van der Waals surface area contributed by atoms with Crippen LogP contribution < -0.4 is 4.74 Å². The van der Waals surface area contributed by atoms with Gasteiger partial charge >= 0.3 is 0 Å². The number of hydrogen-bond acceptors (Lipinski definition) is 4. The normalized spacial score (nSPS) is 12.5. The zero-order chi connectivity index (χ0) is 14.8. The Hall–Kier alpha value is -2.14. The molecule has 0 amide bonds. The van der Waals surface area contributed by atoms with Gasteiger partial charge in [0.15, 0.2) is 16.9 Å². The number of ether oxygens (including phenoxy) is 1. The van der Waals surface area contributed by atoms with Gasteiger partial charge in [-0.3, -0.25) is 9.20 Å². The van der Waals surface area contributed by atoms with Crippen molar-refractivity contribution in [1.82, 2.24) is 9.38 Å². The Morgan fingerprint density at radius 2 is 2.14 bits per heavy atom. The summed E-state index contributed by atoms with van der Waals surface area (Å²) in [4.78, 5) is 16.3. The van der Waals surface area contributed by atoms with Gasteiger partial charge in [-0.2, -0.15) is 4.98 Å². The number of aldehydes is 1. The predicted octanol–water partition coefficient (Wildman–Crippen LogP) is 4.51.